The molecule has 0 aliphatic carbocycles. The maximum absolute atomic E-state index is 15.3. The van der Waals surface area contributed by atoms with Gasteiger partial charge in [-0.25, -0.2) is 4.67 Å². The van der Waals surface area contributed by atoms with Gasteiger partial charge in [0.05, 0.1) is 27.7 Å². The lowest BCUT2D eigenvalue weighted by Crippen LogP contribution is -2.46. The van der Waals surface area contributed by atoms with Crippen LogP contribution in [0.15, 0.2) is 48.5 Å². The number of anilines is 3. The van der Waals surface area contributed by atoms with Crippen molar-refractivity contribution < 1.29 is 9.13 Å². The lowest BCUT2D eigenvalue weighted by atomic mass is 10.1. The molecule has 6 heteroatoms. The van der Waals surface area contributed by atoms with Crippen molar-refractivity contribution in [1.29, 1.82) is 0 Å². The van der Waals surface area contributed by atoms with Crippen LogP contribution >= 0.6 is 14.4 Å². The zero-order valence-electron chi connectivity index (χ0n) is 21.1. The first-order valence-electron chi connectivity index (χ1n) is 12.4. The maximum atomic E-state index is 15.3. The average Bonchev–Trinajstić information content (AvgIpc) is 2.84. The van der Waals surface area contributed by atoms with Gasteiger partial charge in [-0.2, -0.15) is 0 Å². The SMILES string of the molecule is CCc1ccc2c(c1)P(C)(=O)c1cc(C)cc3c1N2c1ccc(CC)cc1P3(=O)N(CC)CC. The Labute approximate surface area is 203 Å². The molecule has 3 aromatic carbocycles. The molecule has 0 N–H and O–H groups in total. The Morgan fingerprint density at radius 1 is 0.735 bits per heavy atom. The molecule has 2 aliphatic rings. The second-order valence-corrected chi connectivity index (χ2v) is 15.0. The minimum Gasteiger partial charge on any atom is -0.314 e. The van der Waals surface area contributed by atoms with Gasteiger partial charge < -0.3 is 9.46 Å². The minimum atomic E-state index is -3.13. The van der Waals surface area contributed by atoms with Crippen molar-refractivity contribution in [2.45, 2.75) is 47.5 Å². The molecular weight excluding hydrogens is 458 g/mol. The van der Waals surface area contributed by atoms with E-state index in [1.54, 1.807) is 0 Å². The first-order chi connectivity index (χ1) is 16.2. The molecule has 4 nitrogen and oxygen atoms in total. The molecule has 3 aromatic rings. The van der Waals surface area contributed by atoms with E-state index in [9.17, 15) is 4.57 Å². The predicted octanol–water partition coefficient (Wildman–Crippen LogP) is 5.73. The second-order valence-electron chi connectivity index (χ2n) is 9.48. The molecule has 34 heavy (non-hydrogen) atoms. The lowest BCUT2D eigenvalue weighted by Gasteiger charge is -2.46. The second kappa shape index (κ2) is 8.23. The molecule has 0 saturated carbocycles. The van der Waals surface area contributed by atoms with Crippen LogP contribution in [0, 0.1) is 6.92 Å². The zero-order valence-corrected chi connectivity index (χ0v) is 22.8. The fourth-order valence-corrected chi connectivity index (χ4v) is 11.4. The molecule has 0 radical (unpaired) electrons. The summed E-state index contributed by atoms with van der Waals surface area (Å²) in [6, 6.07) is 16.9. The van der Waals surface area contributed by atoms with Crippen LogP contribution in [0.4, 0.5) is 17.1 Å². The summed E-state index contributed by atoms with van der Waals surface area (Å²) >= 11 is 0. The van der Waals surface area contributed by atoms with Crippen molar-refractivity contribution in [3.05, 3.63) is 65.2 Å². The largest absolute Gasteiger partial charge is 0.314 e. The first-order valence-corrected chi connectivity index (χ1v) is 16.2. The Morgan fingerprint density at radius 2 is 1.26 bits per heavy atom. The summed E-state index contributed by atoms with van der Waals surface area (Å²) in [4.78, 5) is 2.24. The fraction of sp³-hybridized carbons (Fsp3) is 0.357. The quantitative estimate of drug-likeness (QED) is 0.427. The summed E-state index contributed by atoms with van der Waals surface area (Å²) in [6.07, 6.45) is 1.78. The molecule has 0 saturated heterocycles. The van der Waals surface area contributed by atoms with Crippen LogP contribution in [0.1, 0.15) is 44.4 Å². The molecule has 0 amide bonds. The van der Waals surface area contributed by atoms with Gasteiger partial charge in [-0.3, -0.25) is 4.57 Å². The normalized spacial score (nSPS) is 22.4. The van der Waals surface area contributed by atoms with E-state index in [1.807, 2.05) is 13.6 Å². The van der Waals surface area contributed by atoms with E-state index in [0.29, 0.717) is 13.1 Å². The van der Waals surface area contributed by atoms with Crippen molar-refractivity contribution in [2.75, 3.05) is 24.7 Å². The number of benzene rings is 3. The molecule has 0 spiro atoms. The van der Waals surface area contributed by atoms with Crippen LogP contribution in [0.3, 0.4) is 0 Å². The smallest absolute Gasteiger partial charge is 0.211 e. The summed E-state index contributed by atoms with van der Waals surface area (Å²) in [5.41, 5.74) is 6.16. The molecule has 2 heterocycles. The van der Waals surface area contributed by atoms with Crippen LogP contribution in [0.5, 0.6) is 0 Å². The number of hydrogen-bond acceptors (Lipinski definition) is 3. The van der Waals surface area contributed by atoms with Crippen LogP contribution in [0.25, 0.3) is 0 Å². The summed E-state index contributed by atoms with van der Waals surface area (Å²) < 4.78 is 32.0. The third kappa shape index (κ3) is 3.08. The first kappa shape index (κ1) is 23.6. The van der Waals surface area contributed by atoms with Gasteiger partial charge in [0, 0.05) is 23.7 Å². The van der Waals surface area contributed by atoms with Gasteiger partial charge in [-0.05, 0) is 79.5 Å². The monoisotopic (exact) mass is 492 g/mol. The van der Waals surface area contributed by atoms with Crippen LogP contribution < -0.4 is 26.1 Å². The summed E-state index contributed by atoms with van der Waals surface area (Å²) in [5.74, 6) is 0. The van der Waals surface area contributed by atoms with Crippen molar-refractivity contribution in [3.8, 4) is 0 Å². The van der Waals surface area contributed by atoms with E-state index in [0.717, 1.165) is 56.7 Å². The van der Waals surface area contributed by atoms with E-state index in [-0.39, 0.29) is 0 Å². The van der Waals surface area contributed by atoms with Crippen LogP contribution in [-0.4, -0.2) is 24.4 Å². The lowest BCUT2D eigenvalue weighted by molar-refractivity contribution is 0.458. The fourth-order valence-electron chi connectivity index (χ4n) is 5.62. The Hall–Kier alpha value is -2.12. The summed E-state index contributed by atoms with van der Waals surface area (Å²) in [5, 5.41) is 3.47. The highest BCUT2D eigenvalue weighted by Gasteiger charge is 2.49. The number of aryl methyl sites for hydroxylation is 3. The molecule has 5 rings (SSSR count). The van der Waals surface area contributed by atoms with Gasteiger partial charge in [-0.15, -0.1) is 0 Å². The highest BCUT2D eigenvalue weighted by atomic mass is 31.2. The van der Waals surface area contributed by atoms with Crippen LogP contribution in [-0.2, 0) is 22.0 Å². The van der Waals surface area contributed by atoms with E-state index in [2.05, 4.69) is 85.8 Å². The van der Waals surface area contributed by atoms with Crippen molar-refractivity contribution in [1.82, 2.24) is 4.67 Å². The molecule has 178 valence electrons. The Kier molecular flexibility index (Phi) is 5.72. The van der Waals surface area contributed by atoms with E-state index in [1.165, 1.54) is 11.1 Å². The minimum absolute atomic E-state index is 0.687. The standard InChI is InChI=1S/C28H34N2O2P2/c1-7-20-11-13-22-24(17-20)33(6,31)26-15-19(5)16-27-28(26)30(22)23-14-12-21(8-2)18-25(23)34(27,32)29(9-3)10-4/h11-18H,7-10H2,1-6H3. The average molecular weight is 493 g/mol. The molecule has 0 aromatic heterocycles. The number of nitrogens with zero attached hydrogens (tertiary/aromatic N) is 2. The Bertz CT molecular complexity index is 1410. The van der Waals surface area contributed by atoms with Gasteiger partial charge in [0.2, 0.25) is 7.29 Å². The van der Waals surface area contributed by atoms with Gasteiger partial charge >= 0.3 is 0 Å². The molecule has 2 unspecified atom stereocenters. The van der Waals surface area contributed by atoms with Gasteiger partial charge in [0.1, 0.15) is 7.14 Å². The third-order valence-corrected chi connectivity index (χ3v) is 13.4. The molecule has 2 aliphatic heterocycles. The van der Waals surface area contributed by atoms with Crippen molar-refractivity contribution >= 4 is 52.7 Å². The van der Waals surface area contributed by atoms with Gasteiger partial charge in [0.25, 0.3) is 0 Å². The van der Waals surface area contributed by atoms with Gasteiger partial charge in [0.15, 0.2) is 0 Å². The topological polar surface area (TPSA) is 40.6 Å². The number of hydrogen-bond donors (Lipinski definition) is 0. The van der Waals surface area contributed by atoms with E-state index in [4.69, 9.17) is 0 Å². The van der Waals surface area contributed by atoms with Crippen LogP contribution in [0.2, 0.25) is 0 Å². The highest BCUT2D eigenvalue weighted by molar-refractivity contribution is 7.80. The number of rotatable bonds is 5. The predicted molar refractivity (Wildman–Crippen MR) is 147 cm³/mol. The molecular formula is C28H34N2O2P2. The van der Waals surface area contributed by atoms with E-state index < -0.39 is 14.4 Å². The Morgan fingerprint density at radius 3 is 1.82 bits per heavy atom. The number of fused-ring (bicyclic) bond motifs is 4. The molecule has 2 atom stereocenters. The Balaban J connectivity index is 1.97. The zero-order chi connectivity index (χ0) is 24.4. The summed E-state index contributed by atoms with van der Waals surface area (Å²) in [6.45, 7) is 13.7. The maximum Gasteiger partial charge on any atom is 0.211 e. The molecule has 0 fully saturated rings. The third-order valence-electron chi connectivity index (χ3n) is 7.52. The highest BCUT2D eigenvalue weighted by Crippen LogP contribution is 2.61. The van der Waals surface area contributed by atoms with Gasteiger partial charge in [-0.1, -0.05) is 39.8 Å². The van der Waals surface area contributed by atoms with Crippen molar-refractivity contribution in [2.24, 2.45) is 0 Å². The van der Waals surface area contributed by atoms with Crippen molar-refractivity contribution in [3.63, 3.8) is 0 Å². The summed E-state index contributed by atoms with van der Waals surface area (Å²) in [7, 11) is -6.02. The van der Waals surface area contributed by atoms with E-state index >= 15 is 4.57 Å². The molecule has 0 bridgehead atoms.